The summed E-state index contributed by atoms with van der Waals surface area (Å²) < 4.78 is 1.68. The SMILES string of the molecule is C=Cc1cc(CC(=O)Nc2ccc3ncccc3c2)n(-c2ccccc2Cl)n1. The minimum absolute atomic E-state index is 0.146. The lowest BCUT2D eigenvalue weighted by Gasteiger charge is -2.10. The van der Waals surface area contributed by atoms with Crippen molar-refractivity contribution < 1.29 is 4.79 Å². The van der Waals surface area contributed by atoms with Gasteiger partial charge in [-0.3, -0.25) is 9.78 Å². The molecular formula is C22H17ClN4O. The van der Waals surface area contributed by atoms with Crippen molar-refractivity contribution in [2.75, 3.05) is 5.32 Å². The lowest BCUT2D eigenvalue weighted by molar-refractivity contribution is -0.115. The van der Waals surface area contributed by atoms with E-state index in [0.717, 1.165) is 28.0 Å². The van der Waals surface area contributed by atoms with Crippen LogP contribution < -0.4 is 5.32 Å². The van der Waals surface area contributed by atoms with Crippen LogP contribution in [0.15, 0.2) is 73.4 Å². The van der Waals surface area contributed by atoms with Crippen molar-refractivity contribution in [3.8, 4) is 5.69 Å². The number of aromatic nitrogens is 3. The van der Waals surface area contributed by atoms with E-state index < -0.39 is 0 Å². The maximum Gasteiger partial charge on any atom is 0.230 e. The Morgan fingerprint density at radius 2 is 2.00 bits per heavy atom. The molecule has 0 spiro atoms. The number of nitrogens with zero attached hydrogens (tertiary/aromatic N) is 3. The molecule has 4 aromatic rings. The zero-order valence-corrected chi connectivity index (χ0v) is 15.7. The first kappa shape index (κ1) is 17.9. The van der Waals surface area contributed by atoms with E-state index in [0.29, 0.717) is 10.7 Å². The van der Waals surface area contributed by atoms with Gasteiger partial charge in [0.15, 0.2) is 0 Å². The number of fused-ring (bicyclic) bond motifs is 1. The molecule has 5 nitrogen and oxygen atoms in total. The van der Waals surface area contributed by atoms with E-state index in [2.05, 4.69) is 22.0 Å². The Balaban J connectivity index is 1.59. The standard InChI is InChI=1S/C22H17ClN4O/c1-2-16-13-18(27(26-16)21-8-4-3-7-19(21)23)14-22(28)25-17-9-10-20-15(12-17)6-5-11-24-20/h2-13H,1,14H2,(H,25,28). The van der Waals surface area contributed by atoms with E-state index in [4.69, 9.17) is 11.6 Å². The second-order valence-electron chi connectivity index (χ2n) is 6.26. The summed E-state index contributed by atoms with van der Waals surface area (Å²) in [4.78, 5) is 16.9. The molecule has 0 radical (unpaired) electrons. The van der Waals surface area contributed by atoms with Crippen LogP contribution >= 0.6 is 11.6 Å². The number of halogens is 1. The van der Waals surface area contributed by atoms with Gasteiger partial charge in [-0.05, 0) is 48.5 Å². The Labute approximate surface area is 167 Å². The minimum atomic E-state index is -0.146. The normalized spacial score (nSPS) is 10.8. The van der Waals surface area contributed by atoms with Crippen LogP contribution in [0.4, 0.5) is 5.69 Å². The monoisotopic (exact) mass is 388 g/mol. The van der Waals surface area contributed by atoms with Gasteiger partial charge in [-0.2, -0.15) is 5.10 Å². The third-order valence-electron chi connectivity index (χ3n) is 4.32. The van der Waals surface area contributed by atoms with Crippen molar-refractivity contribution in [3.63, 3.8) is 0 Å². The molecule has 0 atom stereocenters. The van der Waals surface area contributed by atoms with Crippen LogP contribution in [0.25, 0.3) is 22.7 Å². The van der Waals surface area contributed by atoms with Gasteiger partial charge in [-0.25, -0.2) is 4.68 Å². The molecule has 0 aliphatic carbocycles. The number of carbonyl (C=O) groups is 1. The lowest BCUT2D eigenvalue weighted by Crippen LogP contribution is -2.17. The topological polar surface area (TPSA) is 59.8 Å². The zero-order chi connectivity index (χ0) is 19.5. The zero-order valence-electron chi connectivity index (χ0n) is 15.0. The molecule has 138 valence electrons. The molecule has 0 bridgehead atoms. The Bertz CT molecular complexity index is 1180. The highest BCUT2D eigenvalue weighted by atomic mass is 35.5. The summed E-state index contributed by atoms with van der Waals surface area (Å²) in [6, 6.07) is 18.7. The maximum absolute atomic E-state index is 12.7. The summed E-state index contributed by atoms with van der Waals surface area (Å²) >= 11 is 6.31. The fourth-order valence-electron chi connectivity index (χ4n) is 3.02. The van der Waals surface area contributed by atoms with E-state index >= 15 is 0 Å². The molecule has 2 aromatic heterocycles. The van der Waals surface area contributed by atoms with E-state index in [1.165, 1.54) is 0 Å². The van der Waals surface area contributed by atoms with Gasteiger partial charge in [0.1, 0.15) is 0 Å². The van der Waals surface area contributed by atoms with Gasteiger partial charge < -0.3 is 5.32 Å². The highest BCUT2D eigenvalue weighted by Crippen LogP contribution is 2.23. The Hall–Kier alpha value is -3.44. The molecule has 1 N–H and O–H groups in total. The average Bonchev–Trinajstić information content (AvgIpc) is 3.10. The van der Waals surface area contributed by atoms with E-state index in [-0.39, 0.29) is 12.3 Å². The number of anilines is 1. The van der Waals surface area contributed by atoms with Gasteiger partial charge in [-0.15, -0.1) is 0 Å². The summed E-state index contributed by atoms with van der Waals surface area (Å²) in [6.07, 6.45) is 3.54. The molecule has 0 fully saturated rings. The predicted octanol–water partition coefficient (Wildman–Crippen LogP) is 4.90. The molecule has 6 heteroatoms. The molecule has 0 aliphatic heterocycles. The first-order valence-electron chi connectivity index (χ1n) is 8.75. The molecule has 28 heavy (non-hydrogen) atoms. The molecule has 0 saturated heterocycles. The number of hydrogen-bond acceptors (Lipinski definition) is 3. The van der Waals surface area contributed by atoms with Crippen molar-refractivity contribution in [2.24, 2.45) is 0 Å². The highest BCUT2D eigenvalue weighted by Gasteiger charge is 2.14. The van der Waals surface area contributed by atoms with Crippen LogP contribution in [0, 0.1) is 0 Å². The molecule has 2 heterocycles. The van der Waals surface area contributed by atoms with Crippen LogP contribution in [0.3, 0.4) is 0 Å². The molecular weight excluding hydrogens is 372 g/mol. The summed E-state index contributed by atoms with van der Waals surface area (Å²) in [6.45, 7) is 3.76. The third-order valence-corrected chi connectivity index (χ3v) is 4.64. The quantitative estimate of drug-likeness (QED) is 0.529. The Morgan fingerprint density at radius 3 is 2.82 bits per heavy atom. The number of benzene rings is 2. The van der Waals surface area contributed by atoms with Crippen LogP contribution in [0.5, 0.6) is 0 Å². The fraction of sp³-hybridized carbons (Fsp3) is 0.0455. The highest BCUT2D eigenvalue weighted by molar-refractivity contribution is 6.32. The maximum atomic E-state index is 12.7. The summed E-state index contributed by atoms with van der Waals surface area (Å²) in [5, 5.41) is 8.95. The second kappa shape index (κ2) is 7.66. The Morgan fingerprint density at radius 1 is 1.14 bits per heavy atom. The van der Waals surface area contributed by atoms with Crippen molar-refractivity contribution in [1.29, 1.82) is 0 Å². The number of carbonyl (C=O) groups excluding carboxylic acids is 1. The van der Waals surface area contributed by atoms with E-state index in [1.807, 2.05) is 54.6 Å². The molecule has 0 aliphatic rings. The Kier molecular flexibility index (Phi) is 4.91. The number of pyridine rings is 1. The van der Waals surface area contributed by atoms with Crippen LogP contribution in [0.2, 0.25) is 5.02 Å². The van der Waals surface area contributed by atoms with Crippen molar-refractivity contribution in [1.82, 2.24) is 14.8 Å². The van der Waals surface area contributed by atoms with Gasteiger partial charge in [0, 0.05) is 17.3 Å². The van der Waals surface area contributed by atoms with E-state index in [1.54, 1.807) is 23.0 Å². The number of hydrogen-bond donors (Lipinski definition) is 1. The molecule has 1 amide bonds. The predicted molar refractivity (Wildman–Crippen MR) is 113 cm³/mol. The summed E-state index contributed by atoms with van der Waals surface area (Å²) in [7, 11) is 0. The first-order chi connectivity index (χ1) is 13.6. The average molecular weight is 389 g/mol. The van der Waals surface area contributed by atoms with E-state index in [9.17, 15) is 4.79 Å². The number of amides is 1. The second-order valence-corrected chi connectivity index (χ2v) is 6.67. The largest absolute Gasteiger partial charge is 0.326 e. The third kappa shape index (κ3) is 3.66. The number of nitrogens with one attached hydrogen (secondary N) is 1. The number of para-hydroxylation sites is 1. The van der Waals surface area contributed by atoms with Gasteiger partial charge >= 0.3 is 0 Å². The molecule has 0 unspecified atom stereocenters. The van der Waals surface area contributed by atoms with Crippen LogP contribution in [-0.2, 0) is 11.2 Å². The summed E-state index contributed by atoms with van der Waals surface area (Å²) in [5.41, 5.74) is 3.73. The summed E-state index contributed by atoms with van der Waals surface area (Å²) in [5.74, 6) is -0.146. The van der Waals surface area contributed by atoms with Gasteiger partial charge in [0.05, 0.1) is 34.0 Å². The van der Waals surface area contributed by atoms with Gasteiger partial charge in [0.2, 0.25) is 5.91 Å². The van der Waals surface area contributed by atoms with Gasteiger partial charge in [0.25, 0.3) is 0 Å². The minimum Gasteiger partial charge on any atom is -0.326 e. The number of rotatable bonds is 5. The fourth-order valence-corrected chi connectivity index (χ4v) is 3.24. The molecule has 0 saturated carbocycles. The van der Waals surface area contributed by atoms with Crippen LogP contribution in [0.1, 0.15) is 11.4 Å². The van der Waals surface area contributed by atoms with Crippen molar-refractivity contribution in [3.05, 3.63) is 89.8 Å². The van der Waals surface area contributed by atoms with Crippen LogP contribution in [-0.4, -0.2) is 20.7 Å². The molecule has 2 aromatic carbocycles. The smallest absolute Gasteiger partial charge is 0.230 e. The van der Waals surface area contributed by atoms with Crippen molar-refractivity contribution in [2.45, 2.75) is 6.42 Å². The lowest BCUT2D eigenvalue weighted by atomic mass is 10.2. The van der Waals surface area contributed by atoms with Crippen molar-refractivity contribution >= 4 is 40.2 Å². The molecule has 4 rings (SSSR count). The first-order valence-corrected chi connectivity index (χ1v) is 9.13. The van der Waals surface area contributed by atoms with Gasteiger partial charge in [-0.1, -0.05) is 36.4 Å².